The second-order valence-electron chi connectivity index (χ2n) is 6.77. The molecule has 1 fully saturated rings. The maximum Gasteiger partial charge on any atom is 0.412 e. The van der Waals surface area contributed by atoms with Gasteiger partial charge in [0, 0.05) is 37.7 Å². The average molecular weight is 351 g/mol. The van der Waals surface area contributed by atoms with Crippen molar-refractivity contribution in [3.8, 4) is 5.75 Å². The Morgan fingerprint density at radius 2 is 1.88 bits per heavy atom. The van der Waals surface area contributed by atoms with Crippen molar-refractivity contribution in [1.29, 1.82) is 0 Å². The van der Waals surface area contributed by atoms with Gasteiger partial charge in [0.05, 0.1) is 4.92 Å². The lowest BCUT2D eigenvalue weighted by Crippen LogP contribution is -2.55. The predicted molar refractivity (Wildman–Crippen MR) is 88.4 cm³/mol. The first kappa shape index (κ1) is 18.5. The van der Waals surface area contributed by atoms with E-state index in [4.69, 9.17) is 9.47 Å². The van der Waals surface area contributed by atoms with Crippen LogP contribution in [0.3, 0.4) is 0 Å². The number of hydrogen-bond donors (Lipinski definition) is 1. The van der Waals surface area contributed by atoms with Crippen LogP contribution in [0.1, 0.15) is 20.8 Å². The number of ether oxygens (including phenoxy) is 2. The standard InChI is InChI=1S/C16H21N3O6/c1-16(2,3)25-15(21)18-9-11(10-18)8-17-14(20)24-13-6-4-12(5-7-13)19(22)23/h4-7,11H,8-10H2,1-3H3,(H,17,20). The molecule has 1 aliphatic heterocycles. The monoisotopic (exact) mass is 351 g/mol. The smallest absolute Gasteiger partial charge is 0.412 e. The van der Waals surface area contributed by atoms with Crippen LogP contribution >= 0.6 is 0 Å². The molecule has 9 nitrogen and oxygen atoms in total. The van der Waals surface area contributed by atoms with E-state index < -0.39 is 16.6 Å². The van der Waals surface area contributed by atoms with E-state index in [1.165, 1.54) is 24.3 Å². The van der Waals surface area contributed by atoms with Crippen LogP contribution in [-0.2, 0) is 4.74 Å². The molecule has 1 aromatic carbocycles. The van der Waals surface area contributed by atoms with E-state index in [1.807, 2.05) is 0 Å². The van der Waals surface area contributed by atoms with Gasteiger partial charge in [-0.1, -0.05) is 0 Å². The lowest BCUT2D eigenvalue weighted by atomic mass is 10.0. The Morgan fingerprint density at radius 1 is 1.28 bits per heavy atom. The van der Waals surface area contributed by atoms with E-state index in [9.17, 15) is 19.7 Å². The fraction of sp³-hybridized carbons (Fsp3) is 0.500. The fourth-order valence-electron chi connectivity index (χ4n) is 2.18. The number of amides is 2. The van der Waals surface area contributed by atoms with Gasteiger partial charge >= 0.3 is 12.2 Å². The Labute approximate surface area is 145 Å². The Bertz CT molecular complexity index is 647. The number of nitro groups is 1. The van der Waals surface area contributed by atoms with E-state index in [2.05, 4.69) is 5.32 Å². The summed E-state index contributed by atoms with van der Waals surface area (Å²) in [5.41, 5.74) is -0.612. The summed E-state index contributed by atoms with van der Waals surface area (Å²) in [7, 11) is 0. The lowest BCUT2D eigenvalue weighted by Gasteiger charge is -2.39. The summed E-state index contributed by atoms with van der Waals surface area (Å²) in [6.45, 7) is 6.79. The molecule has 136 valence electrons. The molecule has 2 rings (SSSR count). The first-order valence-electron chi connectivity index (χ1n) is 7.82. The molecule has 0 spiro atoms. The van der Waals surface area contributed by atoms with Crippen LogP contribution in [0.2, 0.25) is 0 Å². The summed E-state index contributed by atoms with van der Waals surface area (Å²) in [5.74, 6) is 0.351. The molecule has 1 heterocycles. The van der Waals surface area contributed by atoms with Crippen molar-refractivity contribution in [2.75, 3.05) is 19.6 Å². The molecule has 25 heavy (non-hydrogen) atoms. The molecule has 0 atom stereocenters. The normalized spacial score (nSPS) is 14.4. The van der Waals surface area contributed by atoms with Crippen molar-refractivity contribution in [1.82, 2.24) is 10.2 Å². The molecule has 0 bridgehead atoms. The fourth-order valence-corrected chi connectivity index (χ4v) is 2.18. The zero-order valence-corrected chi connectivity index (χ0v) is 14.4. The number of likely N-dealkylation sites (tertiary alicyclic amines) is 1. The van der Waals surface area contributed by atoms with Crippen LogP contribution in [0.5, 0.6) is 5.75 Å². The van der Waals surface area contributed by atoms with E-state index in [1.54, 1.807) is 25.7 Å². The number of nitrogens with zero attached hydrogens (tertiary/aromatic N) is 2. The van der Waals surface area contributed by atoms with Crippen LogP contribution in [-0.4, -0.2) is 47.2 Å². The molecule has 0 aliphatic carbocycles. The number of carbonyl (C=O) groups is 2. The van der Waals surface area contributed by atoms with Crippen molar-refractivity contribution in [3.05, 3.63) is 34.4 Å². The summed E-state index contributed by atoms with van der Waals surface area (Å²) in [6, 6.07) is 5.22. The van der Waals surface area contributed by atoms with Crippen molar-refractivity contribution in [3.63, 3.8) is 0 Å². The van der Waals surface area contributed by atoms with Gasteiger partial charge in [-0.2, -0.15) is 0 Å². The number of nitrogens with one attached hydrogen (secondary N) is 1. The van der Waals surface area contributed by atoms with Crippen molar-refractivity contribution >= 4 is 17.9 Å². The minimum atomic E-state index is -0.649. The van der Waals surface area contributed by atoms with E-state index in [-0.39, 0.29) is 23.4 Å². The molecule has 0 radical (unpaired) electrons. The highest BCUT2D eigenvalue weighted by atomic mass is 16.6. The van der Waals surface area contributed by atoms with Crippen LogP contribution in [0, 0.1) is 16.0 Å². The molecule has 0 aromatic heterocycles. The minimum absolute atomic E-state index is 0.0792. The topological polar surface area (TPSA) is 111 Å². The summed E-state index contributed by atoms with van der Waals surface area (Å²) >= 11 is 0. The summed E-state index contributed by atoms with van der Waals surface area (Å²) in [4.78, 5) is 35.1. The molecule has 1 aliphatic rings. The third-order valence-electron chi connectivity index (χ3n) is 3.40. The number of carbonyl (C=O) groups excluding carboxylic acids is 2. The summed E-state index contributed by atoms with van der Waals surface area (Å²) in [5, 5.41) is 13.2. The first-order valence-corrected chi connectivity index (χ1v) is 7.82. The van der Waals surface area contributed by atoms with E-state index in [0.29, 0.717) is 19.6 Å². The van der Waals surface area contributed by atoms with Gasteiger partial charge in [-0.3, -0.25) is 10.1 Å². The predicted octanol–water partition coefficient (Wildman–Crippen LogP) is 2.55. The number of non-ortho nitro benzene ring substituents is 1. The first-order chi connectivity index (χ1) is 11.6. The third-order valence-corrected chi connectivity index (χ3v) is 3.40. The van der Waals surface area contributed by atoms with Crippen molar-refractivity contribution in [2.24, 2.45) is 5.92 Å². The SMILES string of the molecule is CC(C)(C)OC(=O)N1CC(CNC(=O)Oc2ccc([N+](=O)[O-])cc2)C1. The van der Waals surface area contributed by atoms with Gasteiger partial charge in [-0.15, -0.1) is 0 Å². The molecule has 1 aromatic rings. The van der Waals surface area contributed by atoms with Gasteiger partial charge in [0.25, 0.3) is 5.69 Å². The number of hydrogen-bond acceptors (Lipinski definition) is 6. The van der Waals surface area contributed by atoms with E-state index >= 15 is 0 Å². The Kier molecular flexibility index (Phi) is 5.45. The summed E-state index contributed by atoms with van der Waals surface area (Å²) in [6.07, 6.45) is -1.01. The highest BCUT2D eigenvalue weighted by Gasteiger charge is 2.33. The molecule has 1 saturated heterocycles. The Balaban J connectivity index is 1.68. The van der Waals surface area contributed by atoms with Gasteiger partial charge in [-0.25, -0.2) is 9.59 Å². The highest BCUT2D eigenvalue weighted by molar-refractivity contribution is 5.71. The van der Waals surface area contributed by atoms with Crippen LogP contribution in [0.15, 0.2) is 24.3 Å². The molecular weight excluding hydrogens is 330 g/mol. The van der Waals surface area contributed by atoms with Crippen LogP contribution in [0.4, 0.5) is 15.3 Å². The molecule has 1 N–H and O–H groups in total. The lowest BCUT2D eigenvalue weighted by molar-refractivity contribution is -0.384. The van der Waals surface area contributed by atoms with Crippen LogP contribution < -0.4 is 10.1 Å². The zero-order chi connectivity index (χ0) is 18.6. The van der Waals surface area contributed by atoms with Gasteiger partial charge in [0.1, 0.15) is 11.4 Å². The number of rotatable bonds is 4. The third kappa shape index (κ3) is 5.63. The molecular formula is C16H21N3O6. The minimum Gasteiger partial charge on any atom is -0.444 e. The second-order valence-corrected chi connectivity index (χ2v) is 6.77. The maximum atomic E-state index is 11.8. The second kappa shape index (κ2) is 7.37. The molecule has 0 unspecified atom stereocenters. The Morgan fingerprint density at radius 3 is 2.40 bits per heavy atom. The highest BCUT2D eigenvalue weighted by Crippen LogP contribution is 2.20. The largest absolute Gasteiger partial charge is 0.444 e. The van der Waals surface area contributed by atoms with Gasteiger partial charge < -0.3 is 19.7 Å². The van der Waals surface area contributed by atoms with Gasteiger partial charge in [0.2, 0.25) is 0 Å². The number of benzene rings is 1. The Hall–Kier alpha value is -2.84. The van der Waals surface area contributed by atoms with Gasteiger partial charge in [0.15, 0.2) is 0 Å². The van der Waals surface area contributed by atoms with Crippen molar-refractivity contribution < 1.29 is 24.0 Å². The zero-order valence-electron chi connectivity index (χ0n) is 14.4. The molecule has 2 amide bonds. The quantitative estimate of drug-likeness (QED) is 0.659. The number of nitro benzene ring substituents is 1. The van der Waals surface area contributed by atoms with Crippen LogP contribution in [0.25, 0.3) is 0 Å². The molecule has 0 saturated carbocycles. The van der Waals surface area contributed by atoms with Gasteiger partial charge in [-0.05, 0) is 32.9 Å². The maximum absolute atomic E-state index is 11.8. The summed E-state index contributed by atoms with van der Waals surface area (Å²) < 4.78 is 10.3. The van der Waals surface area contributed by atoms with Crippen molar-refractivity contribution in [2.45, 2.75) is 26.4 Å². The average Bonchev–Trinajstić information content (AvgIpc) is 2.44. The molecule has 9 heteroatoms. The van der Waals surface area contributed by atoms with E-state index in [0.717, 1.165) is 0 Å².